The van der Waals surface area contributed by atoms with E-state index in [1.165, 1.54) is 37.4 Å². The number of ether oxygens (including phenoxy) is 2. The van der Waals surface area contributed by atoms with Crippen LogP contribution < -0.4 is 9.04 Å². The largest absolute Gasteiger partial charge is 0.482 e. The van der Waals surface area contributed by atoms with Crippen molar-refractivity contribution in [3.8, 4) is 5.75 Å². The van der Waals surface area contributed by atoms with Gasteiger partial charge in [0.1, 0.15) is 15.8 Å². The normalized spacial score (nSPS) is 11.0. The Balaban J connectivity index is 1.50. The monoisotopic (exact) mass is 463 g/mol. The third-order valence-electron chi connectivity index (χ3n) is 4.20. The standard InChI is InChI=1S/C21H18FNO6S2/c1-23(31(26,27)21-3-2-12-30-21)17-8-10-18(11-9-17)28-14-20(25)29-13-19(24)15-4-6-16(22)7-5-15/h2-12H,13-14H2,1H3. The molecule has 0 atom stereocenters. The molecule has 162 valence electrons. The molecule has 31 heavy (non-hydrogen) atoms. The molecule has 7 nitrogen and oxygen atoms in total. The molecule has 3 aromatic rings. The Hall–Kier alpha value is -3.24. The van der Waals surface area contributed by atoms with Crippen LogP contribution in [0.5, 0.6) is 5.75 Å². The second-order valence-electron chi connectivity index (χ2n) is 6.28. The molecule has 10 heteroatoms. The van der Waals surface area contributed by atoms with Crippen molar-refractivity contribution in [1.29, 1.82) is 0 Å². The van der Waals surface area contributed by atoms with Crippen molar-refractivity contribution in [2.45, 2.75) is 4.21 Å². The first-order valence-corrected chi connectivity index (χ1v) is 11.3. The summed E-state index contributed by atoms with van der Waals surface area (Å²) in [5.74, 6) is -1.36. The maximum Gasteiger partial charge on any atom is 0.344 e. The molecule has 0 radical (unpaired) electrons. The quantitative estimate of drug-likeness (QED) is 0.356. The average Bonchev–Trinajstić information content (AvgIpc) is 3.32. The van der Waals surface area contributed by atoms with Crippen LogP contribution in [0.3, 0.4) is 0 Å². The lowest BCUT2D eigenvalue weighted by Crippen LogP contribution is -2.25. The van der Waals surface area contributed by atoms with E-state index in [9.17, 15) is 22.4 Å². The van der Waals surface area contributed by atoms with E-state index in [-0.39, 0.29) is 9.77 Å². The Bertz CT molecular complexity index is 1140. The van der Waals surface area contributed by atoms with E-state index in [0.29, 0.717) is 11.4 Å². The van der Waals surface area contributed by atoms with E-state index >= 15 is 0 Å². The molecule has 3 rings (SSSR count). The number of sulfonamides is 1. The molecule has 2 aromatic carbocycles. The zero-order valence-electron chi connectivity index (χ0n) is 16.4. The predicted molar refractivity (Wildman–Crippen MR) is 114 cm³/mol. The van der Waals surface area contributed by atoms with Gasteiger partial charge in [0.25, 0.3) is 10.0 Å². The summed E-state index contributed by atoms with van der Waals surface area (Å²) in [4.78, 5) is 23.7. The fraction of sp³-hybridized carbons (Fsp3) is 0.143. The molecule has 0 aliphatic rings. The van der Waals surface area contributed by atoms with Crippen molar-refractivity contribution in [3.63, 3.8) is 0 Å². The van der Waals surface area contributed by atoms with Gasteiger partial charge in [-0.15, -0.1) is 11.3 Å². The average molecular weight is 464 g/mol. The predicted octanol–water partition coefficient (Wildman–Crippen LogP) is 3.52. The topological polar surface area (TPSA) is 90.0 Å². The lowest BCUT2D eigenvalue weighted by atomic mass is 10.1. The lowest BCUT2D eigenvalue weighted by molar-refractivity contribution is -0.144. The fourth-order valence-electron chi connectivity index (χ4n) is 2.49. The van der Waals surface area contributed by atoms with Crippen LogP contribution in [0.2, 0.25) is 0 Å². The fourth-order valence-corrected chi connectivity index (χ4v) is 4.84. The van der Waals surface area contributed by atoms with Gasteiger partial charge in [-0.2, -0.15) is 0 Å². The Kier molecular flexibility index (Phi) is 7.03. The number of esters is 1. The lowest BCUT2D eigenvalue weighted by Gasteiger charge is -2.18. The third kappa shape index (κ3) is 5.68. The Labute approximate surface area is 182 Å². The molecule has 0 unspecified atom stereocenters. The number of Topliss-reactive ketones (excluding diaryl/α,β-unsaturated/α-hetero) is 1. The Morgan fingerprint density at radius 2 is 1.68 bits per heavy atom. The number of carbonyl (C=O) groups is 2. The van der Waals surface area contributed by atoms with Crippen LogP contribution in [0.15, 0.2) is 70.3 Å². The molecule has 1 heterocycles. The number of hydrogen-bond donors (Lipinski definition) is 0. The molecule has 0 spiro atoms. The molecule has 0 saturated carbocycles. The van der Waals surface area contributed by atoms with Gasteiger partial charge in [-0.25, -0.2) is 17.6 Å². The van der Waals surface area contributed by atoms with Crippen LogP contribution in [0.4, 0.5) is 10.1 Å². The summed E-state index contributed by atoms with van der Waals surface area (Å²) in [6.45, 7) is -0.919. The van der Waals surface area contributed by atoms with E-state index in [1.54, 1.807) is 23.6 Å². The Morgan fingerprint density at radius 1 is 1.00 bits per heavy atom. The summed E-state index contributed by atoms with van der Waals surface area (Å²) < 4.78 is 49.5. The first-order chi connectivity index (χ1) is 14.8. The molecular formula is C21H18FNO6S2. The molecule has 0 saturated heterocycles. The highest BCUT2D eigenvalue weighted by atomic mass is 32.2. The summed E-state index contributed by atoms with van der Waals surface area (Å²) in [5.41, 5.74) is 0.653. The highest BCUT2D eigenvalue weighted by Gasteiger charge is 2.22. The highest BCUT2D eigenvalue weighted by molar-refractivity contribution is 7.94. The molecule has 0 amide bonds. The number of benzene rings is 2. The molecule has 0 N–H and O–H groups in total. The third-order valence-corrected chi connectivity index (χ3v) is 7.36. The molecular weight excluding hydrogens is 445 g/mol. The second-order valence-corrected chi connectivity index (χ2v) is 9.42. The summed E-state index contributed by atoms with van der Waals surface area (Å²) in [7, 11) is -2.20. The molecule has 0 aliphatic carbocycles. The number of hydrogen-bond acceptors (Lipinski definition) is 7. The number of anilines is 1. The minimum absolute atomic E-state index is 0.229. The summed E-state index contributed by atoms with van der Waals surface area (Å²) in [5, 5.41) is 1.68. The summed E-state index contributed by atoms with van der Waals surface area (Å²) in [6, 6.07) is 14.2. The van der Waals surface area contributed by atoms with Crippen LogP contribution in [-0.2, 0) is 19.6 Å². The van der Waals surface area contributed by atoms with Gasteiger partial charge in [-0.3, -0.25) is 9.10 Å². The van der Waals surface area contributed by atoms with Gasteiger partial charge >= 0.3 is 5.97 Å². The smallest absolute Gasteiger partial charge is 0.344 e. The zero-order valence-corrected chi connectivity index (χ0v) is 18.0. The number of halogens is 1. The molecule has 0 fully saturated rings. The number of nitrogens with zero attached hydrogens (tertiary/aromatic N) is 1. The maximum atomic E-state index is 12.9. The minimum Gasteiger partial charge on any atom is -0.482 e. The van der Waals surface area contributed by atoms with Crippen molar-refractivity contribution in [2.24, 2.45) is 0 Å². The molecule has 0 bridgehead atoms. The summed E-state index contributed by atoms with van der Waals surface area (Å²) >= 11 is 1.13. The van der Waals surface area contributed by atoms with E-state index in [0.717, 1.165) is 27.8 Å². The van der Waals surface area contributed by atoms with Crippen LogP contribution in [0.25, 0.3) is 0 Å². The van der Waals surface area contributed by atoms with Gasteiger partial charge in [0.15, 0.2) is 19.0 Å². The van der Waals surface area contributed by atoms with Crippen LogP contribution >= 0.6 is 11.3 Å². The van der Waals surface area contributed by atoms with E-state index in [4.69, 9.17) is 9.47 Å². The van der Waals surface area contributed by atoms with E-state index in [2.05, 4.69) is 0 Å². The van der Waals surface area contributed by atoms with Gasteiger partial charge in [0, 0.05) is 12.6 Å². The first-order valence-electron chi connectivity index (χ1n) is 8.97. The summed E-state index contributed by atoms with van der Waals surface area (Å²) in [6.07, 6.45) is 0. The van der Waals surface area contributed by atoms with Gasteiger partial charge in [0.2, 0.25) is 0 Å². The van der Waals surface area contributed by atoms with E-state index in [1.807, 2.05) is 0 Å². The van der Waals surface area contributed by atoms with Gasteiger partial charge in [-0.05, 0) is 60.0 Å². The van der Waals surface area contributed by atoms with Crippen molar-refractivity contribution in [3.05, 3.63) is 77.4 Å². The number of rotatable bonds is 9. The van der Waals surface area contributed by atoms with Crippen LogP contribution in [-0.4, -0.2) is 40.4 Å². The Morgan fingerprint density at radius 3 is 2.29 bits per heavy atom. The van der Waals surface area contributed by atoms with Crippen molar-refractivity contribution in [2.75, 3.05) is 24.6 Å². The van der Waals surface area contributed by atoms with Crippen molar-refractivity contribution in [1.82, 2.24) is 0 Å². The number of thiophene rings is 1. The van der Waals surface area contributed by atoms with Gasteiger partial charge in [0.05, 0.1) is 5.69 Å². The first kappa shape index (κ1) is 22.4. The van der Waals surface area contributed by atoms with Crippen LogP contribution in [0.1, 0.15) is 10.4 Å². The zero-order chi connectivity index (χ0) is 22.4. The molecule has 0 aliphatic heterocycles. The van der Waals surface area contributed by atoms with Gasteiger partial charge in [-0.1, -0.05) is 6.07 Å². The van der Waals surface area contributed by atoms with E-state index < -0.39 is 40.8 Å². The minimum atomic E-state index is -3.64. The second kappa shape index (κ2) is 9.71. The number of ketones is 1. The highest BCUT2D eigenvalue weighted by Crippen LogP contribution is 2.26. The number of carbonyl (C=O) groups excluding carboxylic acids is 2. The van der Waals surface area contributed by atoms with Crippen molar-refractivity contribution >= 4 is 38.8 Å². The van der Waals surface area contributed by atoms with Gasteiger partial charge < -0.3 is 9.47 Å². The van der Waals surface area contributed by atoms with Crippen molar-refractivity contribution < 1.29 is 31.9 Å². The maximum absolute atomic E-state index is 12.9. The molecule has 1 aromatic heterocycles. The SMILES string of the molecule is CN(c1ccc(OCC(=O)OCC(=O)c2ccc(F)cc2)cc1)S(=O)(=O)c1cccs1. The van der Waals surface area contributed by atoms with Crippen LogP contribution in [0, 0.1) is 5.82 Å².